The van der Waals surface area contributed by atoms with E-state index in [1.807, 2.05) is 61.7 Å². The lowest BCUT2D eigenvalue weighted by atomic mass is 9.83. The van der Waals surface area contributed by atoms with Gasteiger partial charge in [0.15, 0.2) is 0 Å². The first-order valence-corrected chi connectivity index (χ1v) is 14.8. The Morgan fingerprint density at radius 2 is 1.77 bits per heavy atom. The Morgan fingerprint density at radius 3 is 2.57 bits per heavy atom. The molecule has 3 aromatic heterocycles. The molecule has 0 aliphatic carbocycles. The molecule has 9 nitrogen and oxygen atoms in total. The number of aromatic nitrogens is 4. The summed E-state index contributed by atoms with van der Waals surface area (Å²) in [7, 11) is 0. The average molecular weight is 591 g/mol. The quantitative estimate of drug-likeness (QED) is 0.245. The van der Waals surface area contributed by atoms with Gasteiger partial charge in [0.05, 0.1) is 16.8 Å². The number of rotatable bonds is 7. The summed E-state index contributed by atoms with van der Waals surface area (Å²) >= 11 is 0. The molecule has 222 valence electrons. The lowest BCUT2D eigenvalue weighted by Gasteiger charge is -2.47. The number of piperidine rings is 3. The molecule has 0 unspecified atom stereocenters. The number of halogens is 1. The summed E-state index contributed by atoms with van der Waals surface area (Å²) in [6, 6.07) is 19.3. The summed E-state index contributed by atoms with van der Waals surface area (Å²) in [5.74, 6) is -1.64. The first-order valence-electron chi connectivity index (χ1n) is 14.8. The second kappa shape index (κ2) is 11.3. The molecule has 5 aromatic rings. The number of hydrogen-bond acceptors (Lipinski definition) is 7. The number of aryl methyl sites for hydroxylation is 1. The number of pyridine rings is 2. The molecular weight excluding hydrogens is 559 g/mol. The van der Waals surface area contributed by atoms with Gasteiger partial charge < -0.3 is 15.0 Å². The molecule has 8 rings (SSSR count). The largest absolute Gasteiger partial charge is 0.455 e. The fourth-order valence-electron chi connectivity index (χ4n) is 6.23. The van der Waals surface area contributed by atoms with Gasteiger partial charge >= 0.3 is 5.97 Å². The molecule has 3 aliphatic rings. The average Bonchev–Trinajstić information content (AvgIpc) is 3.44. The molecule has 3 aliphatic heterocycles. The van der Waals surface area contributed by atoms with Crippen LogP contribution in [0.25, 0.3) is 33.4 Å². The second-order valence-electron chi connectivity index (χ2n) is 11.6. The first kappa shape index (κ1) is 27.8. The summed E-state index contributed by atoms with van der Waals surface area (Å²) < 4.78 is 22.1. The van der Waals surface area contributed by atoms with Crippen LogP contribution in [0.1, 0.15) is 35.3 Å². The highest BCUT2D eigenvalue weighted by molar-refractivity contribution is 5.98. The third-order valence-corrected chi connectivity index (χ3v) is 8.51. The number of para-hydroxylation sites is 1. The van der Waals surface area contributed by atoms with Gasteiger partial charge in [0, 0.05) is 73.6 Å². The normalized spacial score (nSPS) is 19.2. The maximum atomic E-state index is 14.6. The molecule has 2 bridgehead atoms. The second-order valence-corrected chi connectivity index (χ2v) is 11.6. The molecule has 2 aromatic carbocycles. The Labute approximate surface area is 253 Å². The predicted molar refractivity (Wildman–Crippen MR) is 164 cm³/mol. The highest BCUT2D eigenvalue weighted by atomic mass is 19.1. The molecule has 6 heterocycles. The first-order chi connectivity index (χ1) is 21.3. The van der Waals surface area contributed by atoms with Crippen molar-refractivity contribution in [3.63, 3.8) is 0 Å². The van der Waals surface area contributed by atoms with E-state index in [1.165, 1.54) is 12.1 Å². The van der Waals surface area contributed by atoms with Crippen molar-refractivity contribution in [2.75, 3.05) is 25.0 Å². The number of amides is 1. The van der Waals surface area contributed by atoms with Crippen LogP contribution in [0.2, 0.25) is 0 Å². The lowest BCUT2D eigenvalue weighted by Crippen LogP contribution is -2.54. The Morgan fingerprint density at radius 1 is 0.977 bits per heavy atom. The number of ether oxygens (including phenoxy) is 1. The minimum Gasteiger partial charge on any atom is -0.455 e. The predicted octanol–water partition coefficient (Wildman–Crippen LogP) is 5.64. The Balaban J connectivity index is 1.14. The molecule has 44 heavy (non-hydrogen) atoms. The molecule has 3 fully saturated rings. The van der Waals surface area contributed by atoms with Crippen molar-refractivity contribution in [2.24, 2.45) is 0 Å². The third kappa shape index (κ3) is 5.56. The summed E-state index contributed by atoms with van der Waals surface area (Å²) in [5.41, 5.74) is 4.45. The minimum atomic E-state index is -0.635. The van der Waals surface area contributed by atoms with E-state index < -0.39 is 23.3 Å². The molecule has 1 N–H and O–H groups in total. The van der Waals surface area contributed by atoms with Gasteiger partial charge in [-0.2, -0.15) is 5.10 Å². The molecule has 0 atom stereocenters. The van der Waals surface area contributed by atoms with Crippen LogP contribution < -0.4 is 5.32 Å². The zero-order chi connectivity index (χ0) is 30.3. The fraction of sp³-hybridized carbons (Fsp3) is 0.265. The van der Waals surface area contributed by atoms with E-state index in [2.05, 4.69) is 20.2 Å². The number of esters is 1. The van der Waals surface area contributed by atoms with Crippen LogP contribution in [0.3, 0.4) is 0 Å². The number of fused-ring (bicyclic) bond motifs is 4. The van der Waals surface area contributed by atoms with E-state index in [-0.39, 0.29) is 17.8 Å². The molecule has 0 spiro atoms. The van der Waals surface area contributed by atoms with Crippen LogP contribution in [0, 0.1) is 12.7 Å². The summed E-state index contributed by atoms with van der Waals surface area (Å²) in [5, 5.41) is 8.43. The SMILES string of the molecule is Cc1cccc(-c2nn(CC(=O)Nc3cc(F)cc(C(=O)OC45CCN(CC4)CC5)c3)cc2-c2ccnc3ccccc23)n1. The number of nitrogens with one attached hydrogen (secondary N) is 1. The molecule has 3 saturated heterocycles. The van der Waals surface area contributed by atoms with Gasteiger partial charge in [-0.05, 0) is 55.0 Å². The fourth-order valence-corrected chi connectivity index (χ4v) is 6.23. The van der Waals surface area contributed by atoms with Gasteiger partial charge in [-0.3, -0.25) is 19.4 Å². The number of benzene rings is 2. The smallest absolute Gasteiger partial charge is 0.338 e. The van der Waals surface area contributed by atoms with Crippen molar-refractivity contribution in [3.05, 3.63) is 96.2 Å². The van der Waals surface area contributed by atoms with E-state index in [9.17, 15) is 14.0 Å². The lowest BCUT2D eigenvalue weighted by molar-refractivity contribution is -0.116. The molecule has 10 heteroatoms. The van der Waals surface area contributed by atoms with Gasteiger partial charge in [-0.25, -0.2) is 9.18 Å². The number of nitrogens with zero attached hydrogens (tertiary/aromatic N) is 5. The van der Waals surface area contributed by atoms with Crippen LogP contribution in [-0.2, 0) is 16.1 Å². The van der Waals surface area contributed by atoms with Gasteiger partial charge in [-0.15, -0.1) is 0 Å². The van der Waals surface area contributed by atoms with Gasteiger partial charge in [0.25, 0.3) is 0 Å². The van der Waals surface area contributed by atoms with E-state index in [0.29, 0.717) is 11.4 Å². The van der Waals surface area contributed by atoms with Crippen molar-refractivity contribution in [1.29, 1.82) is 0 Å². The molecule has 0 saturated carbocycles. The maximum Gasteiger partial charge on any atom is 0.338 e. The van der Waals surface area contributed by atoms with Crippen LogP contribution in [0.15, 0.2) is 79.1 Å². The van der Waals surface area contributed by atoms with Gasteiger partial charge in [-0.1, -0.05) is 24.3 Å². The van der Waals surface area contributed by atoms with E-state index in [1.54, 1.807) is 10.9 Å². The van der Waals surface area contributed by atoms with Crippen molar-refractivity contribution < 1.29 is 18.7 Å². The highest BCUT2D eigenvalue weighted by Crippen LogP contribution is 2.37. The van der Waals surface area contributed by atoms with Crippen LogP contribution in [-0.4, -0.2) is 61.8 Å². The van der Waals surface area contributed by atoms with Crippen molar-refractivity contribution in [2.45, 2.75) is 38.3 Å². The maximum absolute atomic E-state index is 14.6. The van der Waals surface area contributed by atoms with Gasteiger partial charge in [0.1, 0.15) is 23.7 Å². The Hall–Kier alpha value is -4.96. The minimum absolute atomic E-state index is 0.0708. The molecule has 0 radical (unpaired) electrons. The van der Waals surface area contributed by atoms with Crippen molar-refractivity contribution >= 4 is 28.5 Å². The number of carbonyl (C=O) groups is 2. The van der Waals surface area contributed by atoms with Gasteiger partial charge in [0.2, 0.25) is 5.91 Å². The number of hydrogen-bond donors (Lipinski definition) is 1. The van der Waals surface area contributed by atoms with Crippen LogP contribution >= 0.6 is 0 Å². The monoisotopic (exact) mass is 590 g/mol. The standard InChI is InChI=1S/C34H31FN6O3/c1-22-5-4-8-30(37-22)32-28(26-9-13-36-29-7-3-2-6-27(26)29)20-41(39-32)21-31(42)38-25-18-23(17-24(35)19-25)33(43)44-34-10-14-40(15-11-34)16-12-34/h2-9,13,17-20H,10-12,14-16,21H2,1H3,(H,38,42). The van der Waals surface area contributed by atoms with Crippen molar-refractivity contribution in [1.82, 2.24) is 24.6 Å². The number of anilines is 1. The van der Waals surface area contributed by atoms with E-state index in [0.717, 1.165) is 72.7 Å². The Bertz CT molecular complexity index is 1880. The molecular formula is C34H31FN6O3. The Kier molecular flexibility index (Phi) is 7.14. The molecule has 1 amide bonds. The van der Waals surface area contributed by atoms with Crippen LogP contribution in [0.4, 0.5) is 10.1 Å². The zero-order valence-corrected chi connectivity index (χ0v) is 24.3. The topological polar surface area (TPSA) is 102 Å². The summed E-state index contributed by atoms with van der Waals surface area (Å²) in [6.45, 7) is 4.46. The van der Waals surface area contributed by atoms with Crippen molar-refractivity contribution in [3.8, 4) is 22.5 Å². The van der Waals surface area contributed by atoms with E-state index in [4.69, 9.17) is 9.84 Å². The zero-order valence-electron chi connectivity index (χ0n) is 24.3. The highest BCUT2D eigenvalue weighted by Gasteiger charge is 2.42. The van der Waals surface area contributed by atoms with E-state index >= 15 is 0 Å². The third-order valence-electron chi connectivity index (χ3n) is 8.51. The number of carbonyl (C=O) groups excluding carboxylic acids is 2. The van der Waals surface area contributed by atoms with Crippen LogP contribution in [0.5, 0.6) is 0 Å². The summed E-state index contributed by atoms with van der Waals surface area (Å²) in [6.07, 6.45) is 5.89. The summed E-state index contributed by atoms with van der Waals surface area (Å²) in [4.78, 5) is 37.8.